The number of carbonyl (C=O) groups excluding carboxylic acids is 1. The number of fused-ring (bicyclic) bond motifs is 1. The number of amides is 1. The van der Waals surface area contributed by atoms with Crippen molar-refractivity contribution in [1.82, 2.24) is 14.8 Å². The van der Waals surface area contributed by atoms with Crippen molar-refractivity contribution in [3.8, 4) is 0 Å². The van der Waals surface area contributed by atoms with Crippen molar-refractivity contribution in [2.24, 2.45) is 0 Å². The van der Waals surface area contributed by atoms with E-state index in [1.54, 1.807) is 18.5 Å². The van der Waals surface area contributed by atoms with Crippen LogP contribution in [0, 0.1) is 0 Å². The van der Waals surface area contributed by atoms with Crippen LogP contribution in [0.25, 0.3) is 10.8 Å². The van der Waals surface area contributed by atoms with Gasteiger partial charge < -0.3 is 5.32 Å². The first kappa shape index (κ1) is 19.5. The molecule has 2 aromatic carbocycles. The van der Waals surface area contributed by atoms with Crippen molar-refractivity contribution >= 4 is 22.4 Å². The van der Waals surface area contributed by atoms with Gasteiger partial charge in [-0.2, -0.15) is 5.10 Å². The minimum atomic E-state index is -0.291. The molecule has 0 radical (unpaired) electrons. The summed E-state index contributed by atoms with van der Waals surface area (Å²) in [4.78, 5) is 29.7. The van der Waals surface area contributed by atoms with Gasteiger partial charge in [0.25, 0.3) is 5.56 Å². The lowest BCUT2D eigenvalue weighted by molar-refractivity contribution is -0.117. The van der Waals surface area contributed by atoms with Crippen molar-refractivity contribution in [1.29, 1.82) is 0 Å². The van der Waals surface area contributed by atoms with E-state index in [1.165, 1.54) is 4.68 Å². The molecule has 0 atom stereocenters. The highest BCUT2D eigenvalue weighted by molar-refractivity contribution is 5.91. The zero-order valence-corrected chi connectivity index (χ0v) is 16.7. The Morgan fingerprint density at radius 3 is 2.57 bits per heavy atom. The summed E-state index contributed by atoms with van der Waals surface area (Å²) < 4.78 is 1.24. The van der Waals surface area contributed by atoms with Crippen molar-refractivity contribution < 1.29 is 4.79 Å². The highest BCUT2D eigenvalue weighted by Crippen LogP contribution is 2.17. The number of hydrogen-bond donors (Lipinski definition) is 1. The molecule has 4 rings (SSSR count). The van der Waals surface area contributed by atoms with Gasteiger partial charge in [-0.25, -0.2) is 4.68 Å². The number of hydrogen-bond acceptors (Lipinski definition) is 4. The SMILES string of the molecule is CCc1cccc(NC(=O)Cn2nc(Cc3cccnc3)c3ccccc3c2=O)c1. The predicted molar refractivity (Wildman–Crippen MR) is 117 cm³/mol. The smallest absolute Gasteiger partial charge is 0.275 e. The Hall–Kier alpha value is -3.80. The van der Waals surface area contributed by atoms with Gasteiger partial charge in [0, 0.05) is 29.9 Å². The molecule has 0 aliphatic carbocycles. The Morgan fingerprint density at radius 2 is 1.80 bits per heavy atom. The van der Waals surface area contributed by atoms with Gasteiger partial charge in [-0.3, -0.25) is 14.6 Å². The summed E-state index contributed by atoms with van der Waals surface area (Å²) in [6, 6.07) is 18.9. The summed E-state index contributed by atoms with van der Waals surface area (Å²) >= 11 is 0. The fourth-order valence-corrected chi connectivity index (χ4v) is 3.44. The molecule has 6 nitrogen and oxygen atoms in total. The molecule has 1 N–H and O–H groups in total. The molecular formula is C24H22N4O2. The van der Waals surface area contributed by atoms with E-state index in [0.717, 1.165) is 28.6 Å². The molecule has 6 heteroatoms. The van der Waals surface area contributed by atoms with E-state index in [1.807, 2.05) is 54.6 Å². The number of carbonyl (C=O) groups is 1. The first-order chi connectivity index (χ1) is 14.6. The molecular weight excluding hydrogens is 376 g/mol. The second kappa shape index (κ2) is 8.69. The molecule has 1 amide bonds. The van der Waals surface area contributed by atoms with Crippen LogP contribution in [0.2, 0.25) is 0 Å². The molecule has 0 bridgehead atoms. The van der Waals surface area contributed by atoms with Crippen LogP contribution in [-0.2, 0) is 24.2 Å². The summed E-state index contributed by atoms with van der Waals surface area (Å²) in [7, 11) is 0. The quantitative estimate of drug-likeness (QED) is 0.539. The average Bonchev–Trinajstić information content (AvgIpc) is 2.78. The minimum Gasteiger partial charge on any atom is -0.324 e. The molecule has 0 spiro atoms. The van der Waals surface area contributed by atoms with E-state index < -0.39 is 0 Å². The molecule has 0 aliphatic rings. The lowest BCUT2D eigenvalue weighted by Gasteiger charge is -2.12. The Labute approximate surface area is 174 Å². The first-order valence-corrected chi connectivity index (χ1v) is 9.90. The van der Waals surface area contributed by atoms with Crippen LogP contribution in [-0.4, -0.2) is 20.7 Å². The van der Waals surface area contributed by atoms with Crippen molar-refractivity contribution in [2.45, 2.75) is 26.3 Å². The van der Waals surface area contributed by atoms with E-state index >= 15 is 0 Å². The predicted octanol–water partition coefficient (Wildman–Crippen LogP) is 3.58. The Morgan fingerprint density at radius 1 is 1.00 bits per heavy atom. The van der Waals surface area contributed by atoms with Gasteiger partial charge in [-0.15, -0.1) is 0 Å². The number of aromatic nitrogens is 3. The van der Waals surface area contributed by atoms with Gasteiger partial charge in [0.05, 0.1) is 11.1 Å². The third-order valence-electron chi connectivity index (χ3n) is 4.95. The highest BCUT2D eigenvalue weighted by atomic mass is 16.2. The molecule has 0 unspecified atom stereocenters. The number of pyridine rings is 1. The summed E-state index contributed by atoms with van der Waals surface area (Å²) in [6.45, 7) is 1.91. The maximum atomic E-state index is 12.9. The van der Waals surface area contributed by atoms with Gasteiger partial charge in [0.15, 0.2) is 0 Å². The summed E-state index contributed by atoms with van der Waals surface area (Å²) in [6.07, 6.45) is 4.90. The van der Waals surface area contributed by atoms with E-state index in [9.17, 15) is 9.59 Å². The monoisotopic (exact) mass is 398 g/mol. The Balaban J connectivity index is 1.65. The summed E-state index contributed by atoms with van der Waals surface area (Å²) in [5, 5.41) is 8.73. The van der Waals surface area contributed by atoms with Crippen molar-refractivity contribution in [2.75, 3.05) is 5.32 Å². The van der Waals surface area contributed by atoms with E-state index in [2.05, 4.69) is 22.3 Å². The number of benzene rings is 2. The van der Waals surface area contributed by atoms with Crippen molar-refractivity contribution in [3.05, 3.63) is 100 Å². The molecule has 30 heavy (non-hydrogen) atoms. The van der Waals surface area contributed by atoms with Gasteiger partial charge in [0.2, 0.25) is 5.91 Å². The summed E-state index contributed by atoms with van der Waals surface area (Å²) in [5.74, 6) is -0.291. The van der Waals surface area contributed by atoms with Gasteiger partial charge in [-0.05, 0) is 41.8 Å². The van der Waals surface area contributed by atoms with Gasteiger partial charge in [-0.1, -0.05) is 43.3 Å². The minimum absolute atomic E-state index is 0.153. The molecule has 2 heterocycles. The second-order valence-electron chi connectivity index (χ2n) is 7.10. The normalized spacial score (nSPS) is 10.8. The van der Waals surface area contributed by atoms with Gasteiger partial charge in [0.1, 0.15) is 6.54 Å². The molecule has 150 valence electrons. The van der Waals surface area contributed by atoms with E-state index in [-0.39, 0.29) is 18.0 Å². The van der Waals surface area contributed by atoms with Crippen LogP contribution in [0.4, 0.5) is 5.69 Å². The zero-order chi connectivity index (χ0) is 20.9. The molecule has 0 saturated heterocycles. The molecule has 0 saturated carbocycles. The molecule has 0 aliphatic heterocycles. The maximum Gasteiger partial charge on any atom is 0.275 e. The van der Waals surface area contributed by atoms with Crippen LogP contribution in [0.1, 0.15) is 23.7 Å². The first-order valence-electron chi connectivity index (χ1n) is 9.90. The average molecular weight is 398 g/mol. The second-order valence-corrected chi connectivity index (χ2v) is 7.10. The van der Waals surface area contributed by atoms with E-state index in [0.29, 0.717) is 17.5 Å². The number of nitrogens with one attached hydrogen (secondary N) is 1. The van der Waals surface area contributed by atoms with E-state index in [4.69, 9.17) is 0 Å². The zero-order valence-electron chi connectivity index (χ0n) is 16.7. The lowest BCUT2D eigenvalue weighted by Crippen LogP contribution is -2.30. The van der Waals surface area contributed by atoms with Crippen LogP contribution in [0.3, 0.4) is 0 Å². The fraction of sp³-hybridized carbons (Fsp3) is 0.167. The number of aryl methyl sites for hydroxylation is 1. The van der Waals surface area contributed by atoms with Crippen LogP contribution in [0.5, 0.6) is 0 Å². The topological polar surface area (TPSA) is 76.9 Å². The third-order valence-corrected chi connectivity index (χ3v) is 4.95. The lowest BCUT2D eigenvalue weighted by atomic mass is 10.1. The number of nitrogens with zero attached hydrogens (tertiary/aromatic N) is 3. The molecule has 4 aromatic rings. The number of rotatable bonds is 6. The maximum absolute atomic E-state index is 12.9. The standard InChI is InChI=1S/C24H22N4O2/c1-2-17-7-5-9-19(13-17)26-23(29)16-28-24(30)21-11-4-3-10-20(21)22(27-28)14-18-8-6-12-25-15-18/h3-13,15H,2,14,16H2,1H3,(H,26,29). The van der Waals surface area contributed by atoms with Crippen LogP contribution in [0.15, 0.2) is 77.9 Å². The Kier molecular flexibility index (Phi) is 5.66. The molecule has 0 fully saturated rings. The van der Waals surface area contributed by atoms with Gasteiger partial charge >= 0.3 is 0 Å². The molecule has 2 aromatic heterocycles. The summed E-state index contributed by atoms with van der Waals surface area (Å²) in [5.41, 5.74) is 3.29. The number of anilines is 1. The third kappa shape index (κ3) is 4.27. The van der Waals surface area contributed by atoms with Crippen LogP contribution >= 0.6 is 0 Å². The fourth-order valence-electron chi connectivity index (χ4n) is 3.44. The highest BCUT2D eigenvalue weighted by Gasteiger charge is 2.13. The Bertz CT molecular complexity index is 1250. The van der Waals surface area contributed by atoms with Crippen LogP contribution < -0.4 is 10.9 Å². The van der Waals surface area contributed by atoms with Crippen molar-refractivity contribution in [3.63, 3.8) is 0 Å². The largest absolute Gasteiger partial charge is 0.324 e.